The predicted octanol–water partition coefficient (Wildman–Crippen LogP) is 3.85. The fraction of sp³-hybridized carbons (Fsp3) is 0.294. The van der Waals surface area contributed by atoms with Gasteiger partial charge in [0.25, 0.3) is 0 Å². The van der Waals surface area contributed by atoms with Crippen LogP contribution in [-0.2, 0) is 17.0 Å². The van der Waals surface area contributed by atoms with Gasteiger partial charge in [0.15, 0.2) is 0 Å². The molecule has 0 aliphatic rings. The van der Waals surface area contributed by atoms with E-state index in [1.165, 1.54) is 11.6 Å². The Bertz CT molecular complexity index is 548. The van der Waals surface area contributed by atoms with Gasteiger partial charge in [0.05, 0.1) is 6.61 Å². The molecule has 2 aromatic rings. The Morgan fingerprint density at radius 3 is 2.71 bits per heavy atom. The topological polar surface area (TPSA) is 21.3 Å². The van der Waals surface area contributed by atoms with E-state index >= 15 is 0 Å². The molecule has 0 fully saturated rings. The maximum absolute atomic E-state index is 13.4. The first-order valence-electron chi connectivity index (χ1n) is 6.94. The standard InChI is InChI=1S/C17H20FNOS/c1-20-10-9-19-12-15-11-16(18)7-8-17(15)21-13-14-5-3-2-4-6-14/h2-8,11,19H,9-10,12-13H2,1H3. The summed E-state index contributed by atoms with van der Waals surface area (Å²) in [6, 6.07) is 15.3. The van der Waals surface area contributed by atoms with E-state index in [1.54, 1.807) is 24.9 Å². The maximum Gasteiger partial charge on any atom is 0.123 e. The molecule has 0 aliphatic heterocycles. The molecule has 1 N–H and O–H groups in total. The average Bonchev–Trinajstić information content (AvgIpc) is 2.52. The van der Waals surface area contributed by atoms with Crippen LogP contribution < -0.4 is 5.32 Å². The van der Waals surface area contributed by atoms with Crippen LogP contribution in [0.5, 0.6) is 0 Å². The number of halogens is 1. The monoisotopic (exact) mass is 305 g/mol. The van der Waals surface area contributed by atoms with E-state index in [2.05, 4.69) is 17.4 Å². The van der Waals surface area contributed by atoms with E-state index in [0.29, 0.717) is 13.2 Å². The van der Waals surface area contributed by atoms with E-state index in [-0.39, 0.29) is 5.82 Å². The van der Waals surface area contributed by atoms with Gasteiger partial charge in [-0.15, -0.1) is 11.8 Å². The zero-order valence-corrected chi connectivity index (χ0v) is 13.0. The number of hydrogen-bond acceptors (Lipinski definition) is 3. The predicted molar refractivity (Wildman–Crippen MR) is 86.0 cm³/mol. The highest BCUT2D eigenvalue weighted by Crippen LogP contribution is 2.27. The Morgan fingerprint density at radius 1 is 1.14 bits per heavy atom. The number of nitrogens with one attached hydrogen (secondary N) is 1. The summed E-state index contributed by atoms with van der Waals surface area (Å²) < 4.78 is 18.4. The molecule has 0 unspecified atom stereocenters. The summed E-state index contributed by atoms with van der Waals surface area (Å²) in [6.07, 6.45) is 0. The Labute approximate surface area is 129 Å². The molecule has 0 radical (unpaired) electrons. The summed E-state index contributed by atoms with van der Waals surface area (Å²) in [6.45, 7) is 2.07. The normalized spacial score (nSPS) is 10.8. The van der Waals surface area contributed by atoms with Crippen LogP contribution in [0, 0.1) is 5.82 Å². The highest BCUT2D eigenvalue weighted by Gasteiger charge is 2.05. The molecule has 0 bridgehead atoms. The van der Waals surface area contributed by atoms with Gasteiger partial charge in [-0.25, -0.2) is 4.39 Å². The van der Waals surface area contributed by atoms with E-state index in [4.69, 9.17) is 4.74 Å². The van der Waals surface area contributed by atoms with Crippen molar-refractivity contribution < 1.29 is 9.13 Å². The fourth-order valence-electron chi connectivity index (χ4n) is 1.96. The van der Waals surface area contributed by atoms with Gasteiger partial charge >= 0.3 is 0 Å². The van der Waals surface area contributed by atoms with Crippen LogP contribution in [0.2, 0.25) is 0 Å². The first-order valence-corrected chi connectivity index (χ1v) is 7.93. The Hall–Kier alpha value is -1.36. The zero-order valence-electron chi connectivity index (χ0n) is 12.1. The van der Waals surface area contributed by atoms with Gasteiger partial charge in [-0.3, -0.25) is 0 Å². The average molecular weight is 305 g/mol. The van der Waals surface area contributed by atoms with E-state index in [9.17, 15) is 4.39 Å². The van der Waals surface area contributed by atoms with Gasteiger partial charge in [0.2, 0.25) is 0 Å². The Kier molecular flexibility index (Phi) is 6.73. The van der Waals surface area contributed by atoms with Crippen molar-refractivity contribution in [1.29, 1.82) is 0 Å². The van der Waals surface area contributed by atoms with Crippen molar-refractivity contribution in [3.05, 3.63) is 65.5 Å². The third-order valence-corrected chi connectivity index (χ3v) is 4.25. The van der Waals surface area contributed by atoms with Gasteiger partial charge in [-0.1, -0.05) is 30.3 Å². The lowest BCUT2D eigenvalue weighted by Crippen LogP contribution is -2.19. The molecule has 0 spiro atoms. The Morgan fingerprint density at radius 2 is 1.95 bits per heavy atom. The molecule has 21 heavy (non-hydrogen) atoms. The summed E-state index contributed by atoms with van der Waals surface area (Å²) in [5.41, 5.74) is 2.26. The smallest absolute Gasteiger partial charge is 0.123 e. The van der Waals surface area contributed by atoms with Crippen molar-refractivity contribution in [3.63, 3.8) is 0 Å². The van der Waals surface area contributed by atoms with Gasteiger partial charge in [-0.05, 0) is 29.3 Å². The lowest BCUT2D eigenvalue weighted by molar-refractivity contribution is 0.199. The SMILES string of the molecule is COCCNCc1cc(F)ccc1SCc1ccccc1. The second-order valence-corrected chi connectivity index (χ2v) is 5.71. The molecule has 0 saturated heterocycles. The third kappa shape index (κ3) is 5.50. The minimum absolute atomic E-state index is 0.192. The van der Waals surface area contributed by atoms with Crippen molar-refractivity contribution in [2.75, 3.05) is 20.3 Å². The summed E-state index contributed by atoms with van der Waals surface area (Å²) in [7, 11) is 1.67. The molecule has 0 aromatic heterocycles. The van der Waals surface area contributed by atoms with Crippen molar-refractivity contribution in [2.24, 2.45) is 0 Å². The molecule has 0 heterocycles. The van der Waals surface area contributed by atoms with Crippen LogP contribution in [0.25, 0.3) is 0 Å². The lowest BCUT2D eigenvalue weighted by Gasteiger charge is -2.11. The number of thioether (sulfide) groups is 1. The molecule has 2 nitrogen and oxygen atoms in total. The molecular weight excluding hydrogens is 285 g/mol. The maximum atomic E-state index is 13.4. The highest BCUT2D eigenvalue weighted by molar-refractivity contribution is 7.98. The Balaban J connectivity index is 1.97. The molecular formula is C17H20FNOS. The van der Waals surface area contributed by atoms with Crippen LogP contribution in [0.4, 0.5) is 4.39 Å². The van der Waals surface area contributed by atoms with E-state index in [0.717, 1.165) is 22.8 Å². The fourth-order valence-corrected chi connectivity index (χ4v) is 2.95. The van der Waals surface area contributed by atoms with Gasteiger partial charge in [-0.2, -0.15) is 0 Å². The van der Waals surface area contributed by atoms with Crippen molar-refractivity contribution in [1.82, 2.24) is 5.32 Å². The molecule has 0 amide bonds. The third-order valence-electron chi connectivity index (χ3n) is 3.06. The van der Waals surface area contributed by atoms with Gasteiger partial charge in [0, 0.05) is 30.8 Å². The highest BCUT2D eigenvalue weighted by atomic mass is 32.2. The van der Waals surface area contributed by atoms with Gasteiger partial charge in [0.1, 0.15) is 5.82 Å². The van der Waals surface area contributed by atoms with Gasteiger partial charge < -0.3 is 10.1 Å². The molecule has 112 valence electrons. The van der Waals surface area contributed by atoms with Crippen LogP contribution in [0.15, 0.2) is 53.4 Å². The number of methoxy groups -OCH3 is 1. The first kappa shape index (κ1) is 16.0. The van der Waals surface area contributed by atoms with Crippen LogP contribution in [-0.4, -0.2) is 20.3 Å². The summed E-state index contributed by atoms with van der Waals surface area (Å²) in [4.78, 5) is 1.12. The largest absolute Gasteiger partial charge is 0.383 e. The number of hydrogen-bond donors (Lipinski definition) is 1. The molecule has 0 atom stereocenters. The number of rotatable bonds is 8. The second-order valence-electron chi connectivity index (χ2n) is 4.70. The number of ether oxygens (including phenoxy) is 1. The van der Waals surface area contributed by atoms with Crippen molar-refractivity contribution >= 4 is 11.8 Å². The second kappa shape index (κ2) is 8.82. The van der Waals surface area contributed by atoms with Crippen molar-refractivity contribution in [2.45, 2.75) is 17.2 Å². The van der Waals surface area contributed by atoms with Crippen molar-refractivity contribution in [3.8, 4) is 0 Å². The van der Waals surface area contributed by atoms with Crippen LogP contribution in [0.1, 0.15) is 11.1 Å². The molecule has 0 aliphatic carbocycles. The van der Waals surface area contributed by atoms with E-state index in [1.807, 2.05) is 24.3 Å². The molecule has 4 heteroatoms. The quantitative estimate of drug-likeness (QED) is 0.591. The summed E-state index contributed by atoms with van der Waals surface area (Å²) >= 11 is 1.73. The molecule has 2 aromatic carbocycles. The molecule has 2 rings (SSSR count). The van der Waals surface area contributed by atoms with Crippen LogP contribution >= 0.6 is 11.8 Å². The minimum atomic E-state index is -0.192. The molecule has 0 saturated carbocycles. The zero-order chi connectivity index (χ0) is 14.9. The first-order chi connectivity index (χ1) is 10.3. The minimum Gasteiger partial charge on any atom is -0.383 e. The summed E-state index contributed by atoms with van der Waals surface area (Å²) in [5, 5.41) is 3.26. The lowest BCUT2D eigenvalue weighted by atomic mass is 10.2. The summed E-state index contributed by atoms with van der Waals surface area (Å²) in [5.74, 6) is 0.694. The van der Waals surface area contributed by atoms with E-state index < -0.39 is 0 Å². The van der Waals surface area contributed by atoms with Crippen LogP contribution in [0.3, 0.4) is 0 Å². The number of benzene rings is 2.